The molecule has 1 heterocycles. The highest BCUT2D eigenvalue weighted by atomic mass is 16.5. The molecule has 1 aromatic heterocycles. The minimum atomic E-state index is -0.123. The molecule has 0 aromatic carbocycles. The normalized spacial score (nSPS) is 8.17. The molecule has 1 rings (SSSR count). The quantitative estimate of drug-likeness (QED) is 0.639. The zero-order chi connectivity index (χ0) is 9.23. The third-order valence-corrected chi connectivity index (χ3v) is 1.11. The van der Waals surface area contributed by atoms with Crippen LogP contribution in [-0.2, 0) is 9.53 Å². The van der Waals surface area contributed by atoms with Crippen molar-refractivity contribution in [2.45, 2.75) is 19.8 Å². The molecule has 0 N–H and O–H groups in total. The van der Waals surface area contributed by atoms with Crippen molar-refractivity contribution >= 4 is 5.97 Å². The second-order valence-corrected chi connectivity index (χ2v) is 2.12. The lowest BCUT2D eigenvalue weighted by Crippen LogP contribution is -1.97. The molecule has 0 aliphatic carbocycles. The number of hydrogen-bond donors (Lipinski definition) is 0. The minimum Gasteiger partial charge on any atom is -0.473 e. The third kappa shape index (κ3) is 6.86. The van der Waals surface area contributed by atoms with Gasteiger partial charge < -0.3 is 9.15 Å². The molecule has 0 unspecified atom stereocenters. The fourth-order valence-electron chi connectivity index (χ4n) is 0.533. The van der Waals surface area contributed by atoms with Gasteiger partial charge in [0.25, 0.3) is 0 Å². The van der Waals surface area contributed by atoms with Crippen LogP contribution in [0.25, 0.3) is 0 Å². The van der Waals surface area contributed by atoms with Gasteiger partial charge >= 0.3 is 5.97 Å². The highest BCUT2D eigenvalue weighted by molar-refractivity contribution is 5.68. The van der Waals surface area contributed by atoms with Crippen LogP contribution in [0.3, 0.4) is 0 Å². The molecular weight excluding hydrogens is 156 g/mol. The number of hydrogen-bond acceptors (Lipinski definition) is 3. The van der Waals surface area contributed by atoms with Gasteiger partial charge in [0.15, 0.2) is 0 Å². The van der Waals surface area contributed by atoms with Gasteiger partial charge in [-0.05, 0) is 18.6 Å². The Hall–Kier alpha value is -1.25. The first kappa shape index (κ1) is 10.8. The van der Waals surface area contributed by atoms with Crippen molar-refractivity contribution in [1.29, 1.82) is 0 Å². The van der Waals surface area contributed by atoms with Crippen LogP contribution in [0, 0.1) is 0 Å². The minimum absolute atomic E-state index is 0.123. The van der Waals surface area contributed by atoms with Gasteiger partial charge in [0, 0.05) is 6.42 Å². The SMILES string of the molecule is CCCC(=O)OC.c1ccoc1. The Morgan fingerprint density at radius 1 is 1.42 bits per heavy atom. The van der Waals surface area contributed by atoms with Crippen LogP contribution in [0.2, 0.25) is 0 Å². The van der Waals surface area contributed by atoms with E-state index in [1.807, 2.05) is 19.1 Å². The summed E-state index contributed by atoms with van der Waals surface area (Å²) in [5.41, 5.74) is 0. The standard InChI is InChI=1S/C5H10O2.C4H4O/c1-3-4-5(6)7-2;1-2-4-5-3-1/h3-4H2,1-2H3;1-4H. The Morgan fingerprint density at radius 3 is 2.17 bits per heavy atom. The zero-order valence-corrected chi connectivity index (χ0v) is 7.45. The number of carbonyl (C=O) groups excluding carboxylic acids is 1. The third-order valence-electron chi connectivity index (χ3n) is 1.11. The van der Waals surface area contributed by atoms with Crippen molar-refractivity contribution in [3.63, 3.8) is 0 Å². The molecule has 0 saturated heterocycles. The number of esters is 1. The van der Waals surface area contributed by atoms with Gasteiger partial charge in [0.2, 0.25) is 0 Å². The van der Waals surface area contributed by atoms with Crippen LogP contribution in [0.15, 0.2) is 29.1 Å². The molecular formula is C9H14O3. The summed E-state index contributed by atoms with van der Waals surface area (Å²) in [6.45, 7) is 1.94. The average molecular weight is 170 g/mol. The molecule has 3 heteroatoms. The molecule has 0 spiro atoms. The first-order valence-electron chi connectivity index (χ1n) is 3.85. The molecule has 0 radical (unpaired) electrons. The van der Waals surface area contributed by atoms with Crippen molar-refractivity contribution in [2.75, 3.05) is 7.11 Å². The summed E-state index contributed by atoms with van der Waals surface area (Å²) in [5.74, 6) is -0.123. The maximum atomic E-state index is 10.2. The molecule has 12 heavy (non-hydrogen) atoms. The molecule has 0 bridgehead atoms. The van der Waals surface area contributed by atoms with Gasteiger partial charge in [0.05, 0.1) is 19.6 Å². The fraction of sp³-hybridized carbons (Fsp3) is 0.444. The summed E-state index contributed by atoms with van der Waals surface area (Å²) >= 11 is 0. The van der Waals surface area contributed by atoms with Crippen LogP contribution in [0.4, 0.5) is 0 Å². The van der Waals surface area contributed by atoms with E-state index in [0.29, 0.717) is 6.42 Å². The summed E-state index contributed by atoms with van der Waals surface area (Å²) in [7, 11) is 1.40. The van der Waals surface area contributed by atoms with Crippen molar-refractivity contribution in [3.05, 3.63) is 24.7 Å². The summed E-state index contributed by atoms with van der Waals surface area (Å²) < 4.78 is 8.93. The smallest absolute Gasteiger partial charge is 0.305 e. The van der Waals surface area contributed by atoms with E-state index in [0.717, 1.165) is 6.42 Å². The van der Waals surface area contributed by atoms with Crippen LogP contribution in [0.1, 0.15) is 19.8 Å². The highest BCUT2D eigenvalue weighted by Gasteiger charge is 1.92. The second-order valence-electron chi connectivity index (χ2n) is 2.12. The van der Waals surface area contributed by atoms with Gasteiger partial charge in [-0.25, -0.2) is 0 Å². The van der Waals surface area contributed by atoms with Crippen LogP contribution in [0.5, 0.6) is 0 Å². The van der Waals surface area contributed by atoms with Crippen LogP contribution < -0.4 is 0 Å². The molecule has 0 aliphatic heterocycles. The lowest BCUT2D eigenvalue weighted by atomic mass is 10.3. The van der Waals surface area contributed by atoms with E-state index in [9.17, 15) is 4.79 Å². The van der Waals surface area contributed by atoms with Crippen LogP contribution >= 0.6 is 0 Å². The van der Waals surface area contributed by atoms with E-state index >= 15 is 0 Å². The highest BCUT2D eigenvalue weighted by Crippen LogP contribution is 1.86. The Labute approximate surface area is 72.3 Å². The van der Waals surface area contributed by atoms with E-state index in [1.54, 1.807) is 12.5 Å². The van der Waals surface area contributed by atoms with Crippen molar-refractivity contribution in [1.82, 2.24) is 0 Å². The molecule has 0 amide bonds. The second kappa shape index (κ2) is 7.85. The first-order valence-corrected chi connectivity index (χ1v) is 3.85. The maximum absolute atomic E-state index is 10.2. The Morgan fingerprint density at radius 2 is 2.00 bits per heavy atom. The topological polar surface area (TPSA) is 39.4 Å². The largest absolute Gasteiger partial charge is 0.473 e. The molecule has 0 atom stereocenters. The van der Waals surface area contributed by atoms with Crippen LogP contribution in [-0.4, -0.2) is 13.1 Å². The number of methoxy groups -OCH3 is 1. The number of carbonyl (C=O) groups is 1. The van der Waals surface area contributed by atoms with Gasteiger partial charge in [-0.2, -0.15) is 0 Å². The van der Waals surface area contributed by atoms with Crippen molar-refractivity contribution < 1.29 is 13.9 Å². The van der Waals surface area contributed by atoms with E-state index in [-0.39, 0.29) is 5.97 Å². The molecule has 1 aromatic rings. The first-order chi connectivity index (χ1) is 5.81. The molecule has 0 fully saturated rings. The average Bonchev–Trinajstić information content (AvgIpc) is 2.62. The summed E-state index contributed by atoms with van der Waals surface area (Å²) in [6.07, 6.45) is 4.66. The van der Waals surface area contributed by atoms with Gasteiger partial charge in [0.1, 0.15) is 0 Å². The number of rotatable bonds is 2. The molecule has 0 saturated carbocycles. The maximum Gasteiger partial charge on any atom is 0.305 e. The van der Waals surface area contributed by atoms with Gasteiger partial charge in [-0.1, -0.05) is 6.92 Å². The summed E-state index contributed by atoms with van der Waals surface area (Å²) in [6, 6.07) is 3.67. The van der Waals surface area contributed by atoms with Crippen molar-refractivity contribution in [2.24, 2.45) is 0 Å². The van der Waals surface area contributed by atoms with E-state index in [4.69, 9.17) is 0 Å². The van der Waals surface area contributed by atoms with Gasteiger partial charge in [-0.15, -0.1) is 0 Å². The predicted octanol–water partition coefficient (Wildman–Crippen LogP) is 2.24. The lowest BCUT2D eigenvalue weighted by molar-refractivity contribution is -0.140. The van der Waals surface area contributed by atoms with E-state index in [1.165, 1.54) is 7.11 Å². The molecule has 3 nitrogen and oxygen atoms in total. The predicted molar refractivity (Wildman–Crippen MR) is 45.6 cm³/mol. The molecule has 68 valence electrons. The monoisotopic (exact) mass is 170 g/mol. The van der Waals surface area contributed by atoms with E-state index < -0.39 is 0 Å². The fourth-order valence-corrected chi connectivity index (χ4v) is 0.533. The van der Waals surface area contributed by atoms with Gasteiger partial charge in [-0.3, -0.25) is 4.79 Å². The Kier molecular flexibility index (Phi) is 7.03. The zero-order valence-electron chi connectivity index (χ0n) is 7.45. The molecule has 0 aliphatic rings. The summed E-state index contributed by atoms with van der Waals surface area (Å²) in [5, 5.41) is 0. The Balaban J connectivity index is 0.000000211. The van der Waals surface area contributed by atoms with E-state index in [2.05, 4.69) is 9.15 Å². The Bertz CT molecular complexity index is 162. The summed E-state index contributed by atoms with van der Waals surface area (Å²) in [4.78, 5) is 10.2. The number of furan rings is 1. The lowest BCUT2D eigenvalue weighted by Gasteiger charge is -1.91. The van der Waals surface area contributed by atoms with Crippen molar-refractivity contribution in [3.8, 4) is 0 Å². The number of ether oxygens (including phenoxy) is 1.